The number of aliphatic hydroxyl groups excluding tert-OH is 1. The summed E-state index contributed by atoms with van der Waals surface area (Å²) in [6, 6.07) is 5.52. The smallest absolute Gasteiger partial charge is 0.251 e. The first-order chi connectivity index (χ1) is 9.11. The van der Waals surface area contributed by atoms with Gasteiger partial charge in [-0.1, -0.05) is 0 Å². The molecule has 1 N–H and O–H groups in total. The number of piperazine rings is 1. The number of amides is 1. The second-order valence-corrected chi connectivity index (χ2v) is 4.50. The Morgan fingerprint density at radius 3 is 2.58 bits per heavy atom. The standard InChI is InChI=1S/C13H16N4O2/c1-10(18)13(19)17-6-4-16(5-7-17)12-3-2-11(8-14)15-9-12/h2-3,9-10,18H,4-7H2,1H3. The lowest BCUT2D eigenvalue weighted by molar-refractivity contribution is -0.139. The molecule has 0 bridgehead atoms. The van der Waals surface area contributed by atoms with Gasteiger partial charge in [-0.15, -0.1) is 0 Å². The number of rotatable bonds is 2. The van der Waals surface area contributed by atoms with Crippen molar-refractivity contribution in [2.75, 3.05) is 31.1 Å². The molecule has 6 nitrogen and oxygen atoms in total. The van der Waals surface area contributed by atoms with E-state index in [0.29, 0.717) is 31.9 Å². The molecule has 2 heterocycles. The topological polar surface area (TPSA) is 80.5 Å². The zero-order valence-electron chi connectivity index (χ0n) is 10.8. The molecule has 19 heavy (non-hydrogen) atoms. The van der Waals surface area contributed by atoms with Gasteiger partial charge in [-0.3, -0.25) is 4.79 Å². The minimum absolute atomic E-state index is 0.224. The van der Waals surface area contributed by atoms with Gasteiger partial charge in [-0.25, -0.2) is 4.98 Å². The van der Waals surface area contributed by atoms with Gasteiger partial charge in [0.1, 0.15) is 17.9 Å². The quantitative estimate of drug-likeness (QED) is 0.808. The largest absolute Gasteiger partial charge is 0.384 e. The highest BCUT2D eigenvalue weighted by Crippen LogP contribution is 2.15. The molecule has 2 rings (SSSR count). The van der Waals surface area contributed by atoms with E-state index in [1.165, 1.54) is 6.92 Å². The summed E-state index contributed by atoms with van der Waals surface area (Å²) < 4.78 is 0. The van der Waals surface area contributed by atoms with Crippen LogP contribution in [0.4, 0.5) is 5.69 Å². The van der Waals surface area contributed by atoms with E-state index < -0.39 is 6.10 Å². The number of hydrogen-bond acceptors (Lipinski definition) is 5. The normalized spacial score (nSPS) is 16.9. The van der Waals surface area contributed by atoms with E-state index in [9.17, 15) is 9.90 Å². The van der Waals surface area contributed by atoms with Crippen LogP contribution in [0.25, 0.3) is 0 Å². The molecule has 1 unspecified atom stereocenters. The number of carbonyl (C=O) groups excluding carboxylic acids is 1. The average Bonchev–Trinajstić information content (AvgIpc) is 2.46. The maximum Gasteiger partial charge on any atom is 0.251 e. The Bertz CT molecular complexity index is 484. The summed E-state index contributed by atoms with van der Waals surface area (Å²) in [5.41, 5.74) is 1.34. The molecule has 1 aromatic rings. The molecule has 1 aromatic heterocycles. The Morgan fingerprint density at radius 2 is 2.11 bits per heavy atom. The number of nitriles is 1. The first-order valence-electron chi connectivity index (χ1n) is 6.20. The lowest BCUT2D eigenvalue weighted by Gasteiger charge is -2.36. The van der Waals surface area contributed by atoms with Crippen molar-refractivity contribution in [3.05, 3.63) is 24.0 Å². The van der Waals surface area contributed by atoms with E-state index >= 15 is 0 Å². The zero-order chi connectivity index (χ0) is 13.8. The van der Waals surface area contributed by atoms with Crippen molar-refractivity contribution in [1.82, 2.24) is 9.88 Å². The second-order valence-electron chi connectivity index (χ2n) is 4.50. The lowest BCUT2D eigenvalue weighted by atomic mass is 10.2. The number of carbonyl (C=O) groups is 1. The molecule has 1 fully saturated rings. The van der Waals surface area contributed by atoms with E-state index in [1.807, 2.05) is 12.1 Å². The predicted molar refractivity (Wildman–Crippen MR) is 69.4 cm³/mol. The number of pyridine rings is 1. The van der Waals surface area contributed by atoms with Gasteiger partial charge >= 0.3 is 0 Å². The van der Waals surface area contributed by atoms with Gasteiger partial charge in [0.05, 0.1) is 11.9 Å². The molecular formula is C13H16N4O2. The Hall–Kier alpha value is -2.13. The molecule has 1 aliphatic rings. The molecular weight excluding hydrogens is 244 g/mol. The first kappa shape index (κ1) is 13.3. The summed E-state index contributed by atoms with van der Waals surface area (Å²) in [7, 11) is 0. The Labute approximate surface area is 111 Å². The van der Waals surface area contributed by atoms with E-state index in [-0.39, 0.29) is 5.91 Å². The number of hydrogen-bond donors (Lipinski definition) is 1. The second kappa shape index (κ2) is 5.67. The van der Waals surface area contributed by atoms with E-state index in [4.69, 9.17) is 5.26 Å². The van der Waals surface area contributed by atoms with Crippen molar-refractivity contribution in [3.63, 3.8) is 0 Å². The summed E-state index contributed by atoms with van der Waals surface area (Å²) in [6.07, 6.45) is 0.730. The van der Waals surface area contributed by atoms with Crippen LogP contribution in [0.15, 0.2) is 18.3 Å². The van der Waals surface area contributed by atoms with E-state index in [0.717, 1.165) is 5.69 Å². The number of anilines is 1. The Kier molecular flexibility index (Phi) is 3.97. The fourth-order valence-electron chi connectivity index (χ4n) is 2.09. The third-order valence-electron chi connectivity index (χ3n) is 3.18. The molecule has 1 saturated heterocycles. The highest BCUT2D eigenvalue weighted by atomic mass is 16.3. The van der Waals surface area contributed by atoms with Crippen molar-refractivity contribution in [2.24, 2.45) is 0 Å². The lowest BCUT2D eigenvalue weighted by Crippen LogP contribution is -2.51. The number of nitrogens with zero attached hydrogens (tertiary/aromatic N) is 4. The Balaban J connectivity index is 1.96. The summed E-state index contributed by atoms with van der Waals surface area (Å²) in [6.45, 7) is 4.06. The van der Waals surface area contributed by atoms with E-state index in [2.05, 4.69) is 9.88 Å². The maximum absolute atomic E-state index is 11.6. The maximum atomic E-state index is 11.6. The van der Waals surface area contributed by atoms with E-state index in [1.54, 1.807) is 17.2 Å². The molecule has 1 aliphatic heterocycles. The molecule has 0 aliphatic carbocycles. The van der Waals surface area contributed by atoms with Crippen molar-refractivity contribution in [1.29, 1.82) is 5.26 Å². The molecule has 0 aromatic carbocycles. The van der Waals surface area contributed by atoms with Crippen molar-refractivity contribution in [3.8, 4) is 6.07 Å². The Morgan fingerprint density at radius 1 is 1.42 bits per heavy atom. The third-order valence-corrected chi connectivity index (χ3v) is 3.18. The van der Waals surface area contributed by atoms with Crippen LogP contribution in [-0.4, -0.2) is 53.2 Å². The van der Waals surface area contributed by atoms with Crippen molar-refractivity contribution >= 4 is 11.6 Å². The van der Waals surface area contributed by atoms with Crippen molar-refractivity contribution in [2.45, 2.75) is 13.0 Å². The van der Waals surface area contributed by atoms with Crippen LogP contribution in [-0.2, 0) is 4.79 Å². The first-order valence-corrected chi connectivity index (χ1v) is 6.20. The van der Waals surface area contributed by atoms with Gasteiger partial charge in [0, 0.05) is 26.2 Å². The zero-order valence-corrected chi connectivity index (χ0v) is 10.8. The minimum Gasteiger partial charge on any atom is -0.384 e. The molecule has 1 atom stereocenters. The third kappa shape index (κ3) is 3.01. The van der Waals surface area contributed by atoms with Gasteiger partial charge in [0.25, 0.3) is 5.91 Å². The molecule has 0 saturated carbocycles. The predicted octanol–water partition coefficient (Wildman–Crippen LogP) is -0.0173. The summed E-state index contributed by atoms with van der Waals surface area (Å²) >= 11 is 0. The fraction of sp³-hybridized carbons (Fsp3) is 0.462. The molecule has 0 radical (unpaired) electrons. The molecule has 1 amide bonds. The number of aliphatic hydroxyl groups is 1. The monoisotopic (exact) mass is 260 g/mol. The highest BCUT2D eigenvalue weighted by molar-refractivity contribution is 5.80. The van der Waals surface area contributed by atoms with Gasteiger partial charge < -0.3 is 14.9 Å². The van der Waals surface area contributed by atoms with Crippen LogP contribution in [0.5, 0.6) is 0 Å². The van der Waals surface area contributed by atoms with Gasteiger partial charge in [0.2, 0.25) is 0 Å². The summed E-state index contributed by atoms with van der Waals surface area (Å²) in [5.74, 6) is -0.224. The average molecular weight is 260 g/mol. The molecule has 100 valence electrons. The van der Waals surface area contributed by atoms with Gasteiger partial charge in [-0.2, -0.15) is 5.26 Å². The van der Waals surface area contributed by atoms with Crippen LogP contribution in [0, 0.1) is 11.3 Å². The van der Waals surface area contributed by atoms with Crippen LogP contribution in [0.1, 0.15) is 12.6 Å². The van der Waals surface area contributed by atoms with Crippen LogP contribution in [0.3, 0.4) is 0 Å². The SMILES string of the molecule is CC(O)C(=O)N1CCN(c2ccc(C#N)nc2)CC1. The highest BCUT2D eigenvalue weighted by Gasteiger charge is 2.23. The summed E-state index contributed by atoms with van der Waals surface area (Å²) in [4.78, 5) is 19.4. The van der Waals surface area contributed by atoms with Gasteiger partial charge in [0.15, 0.2) is 0 Å². The minimum atomic E-state index is -0.942. The fourth-order valence-corrected chi connectivity index (χ4v) is 2.09. The molecule has 6 heteroatoms. The summed E-state index contributed by atoms with van der Waals surface area (Å²) in [5, 5.41) is 18.0. The van der Waals surface area contributed by atoms with Crippen LogP contribution < -0.4 is 4.90 Å². The number of aromatic nitrogens is 1. The van der Waals surface area contributed by atoms with Gasteiger partial charge in [-0.05, 0) is 19.1 Å². The van der Waals surface area contributed by atoms with Crippen LogP contribution in [0.2, 0.25) is 0 Å². The van der Waals surface area contributed by atoms with Crippen molar-refractivity contribution < 1.29 is 9.90 Å². The molecule has 0 spiro atoms. The van der Waals surface area contributed by atoms with Crippen LogP contribution >= 0.6 is 0 Å².